The van der Waals surface area contributed by atoms with E-state index in [1.165, 1.54) is 6.26 Å². The molecule has 6 heteroatoms. The van der Waals surface area contributed by atoms with Gasteiger partial charge >= 0.3 is 0 Å². The highest BCUT2D eigenvalue weighted by Gasteiger charge is 2.24. The van der Waals surface area contributed by atoms with Crippen LogP contribution in [-0.4, -0.2) is 34.9 Å². The van der Waals surface area contributed by atoms with Crippen LogP contribution < -0.4 is 5.73 Å². The summed E-state index contributed by atoms with van der Waals surface area (Å²) in [6.07, 6.45) is 3.33. The van der Waals surface area contributed by atoms with Gasteiger partial charge in [-0.3, -0.25) is 4.79 Å². The van der Waals surface area contributed by atoms with Crippen LogP contribution in [0.15, 0.2) is 41.0 Å². The Kier molecular flexibility index (Phi) is 4.98. The average Bonchev–Trinajstić information content (AvgIpc) is 2.97. The van der Waals surface area contributed by atoms with Crippen LogP contribution in [-0.2, 0) is 0 Å². The van der Waals surface area contributed by atoms with Crippen molar-refractivity contribution in [3.05, 3.63) is 42.3 Å². The second-order valence-corrected chi connectivity index (χ2v) is 5.06. The summed E-state index contributed by atoms with van der Waals surface area (Å²) in [6, 6.07) is 9.60. The Morgan fingerprint density at radius 1 is 1.33 bits per heavy atom. The summed E-state index contributed by atoms with van der Waals surface area (Å²) in [7, 11) is 0. The molecule has 1 aromatic carbocycles. The van der Waals surface area contributed by atoms with Crippen molar-refractivity contribution in [1.29, 1.82) is 0 Å². The molecule has 0 radical (unpaired) electrons. The SMILES string of the molecule is Cl.NC1CCCN(C(=O)c2coc(-c3ccccc3)n2)C1. The van der Waals surface area contributed by atoms with Crippen LogP contribution in [0.25, 0.3) is 11.5 Å². The molecule has 1 saturated heterocycles. The van der Waals surface area contributed by atoms with E-state index in [9.17, 15) is 4.79 Å². The van der Waals surface area contributed by atoms with Crippen molar-refractivity contribution in [3.63, 3.8) is 0 Å². The first-order valence-electron chi connectivity index (χ1n) is 6.80. The zero-order valence-corrected chi connectivity index (χ0v) is 12.4. The van der Waals surface area contributed by atoms with Crippen LogP contribution >= 0.6 is 12.4 Å². The maximum atomic E-state index is 12.3. The van der Waals surface area contributed by atoms with Gasteiger partial charge in [-0.05, 0) is 25.0 Å². The first-order valence-corrected chi connectivity index (χ1v) is 6.80. The van der Waals surface area contributed by atoms with Gasteiger partial charge < -0.3 is 15.1 Å². The molecule has 1 aliphatic rings. The lowest BCUT2D eigenvalue weighted by atomic mass is 10.1. The Balaban J connectivity index is 0.00000161. The first kappa shape index (κ1) is 15.5. The number of halogens is 1. The fourth-order valence-electron chi connectivity index (χ4n) is 2.44. The molecule has 1 aromatic heterocycles. The zero-order valence-electron chi connectivity index (χ0n) is 11.6. The molecule has 1 aliphatic heterocycles. The summed E-state index contributed by atoms with van der Waals surface area (Å²) in [4.78, 5) is 18.4. The number of piperidine rings is 1. The number of rotatable bonds is 2. The molecule has 3 rings (SSSR count). The van der Waals surface area contributed by atoms with Gasteiger partial charge in [-0.15, -0.1) is 12.4 Å². The van der Waals surface area contributed by atoms with Gasteiger partial charge in [0.1, 0.15) is 6.26 Å². The van der Waals surface area contributed by atoms with Crippen molar-refractivity contribution in [3.8, 4) is 11.5 Å². The van der Waals surface area contributed by atoms with E-state index in [1.807, 2.05) is 30.3 Å². The summed E-state index contributed by atoms with van der Waals surface area (Å²) in [6.45, 7) is 1.33. The molecule has 2 N–H and O–H groups in total. The van der Waals surface area contributed by atoms with E-state index < -0.39 is 0 Å². The van der Waals surface area contributed by atoms with Crippen LogP contribution in [0.1, 0.15) is 23.3 Å². The molecule has 2 aromatic rings. The van der Waals surface area contributed by atoms with E-state index in [4.69, 9.17) is 10.2 Å². The minimum absolute atomic E-state index is 0. The van der Waals surface area contributed by atoms with Gasteiger partial charge in [-0.25, -0.2) is 4.98 Å². The number of carbonyl (C=O) groups is 1. The largest absolute Gasteiger partial charge is 0.444 e. The molecular formula is C15H18ClN3O2. The van der Waals surface area contributed by atoms with Crippen molar-refractivity contribution < 1.29 is 9.21 Å². The van der Waals surface area contributed by atoms with Crippen molar-refractivity contribution in [2.24, 2.45) is 5.73 Å². The van der Waals surface area contributed by atoms with Crippen molar-refractivity contribution in [2.45, 2.75) is 18.9 Å². The van der Waals surface area contributed by atoms with E-state index in [1.54, 1.807) is 4.90 Å². The molecule has 1 amide bonds. The lowest BCUT2D eigenvalue weighted by molar-refractivity contribution is 0.0703. The molecule has 1 fully saturated rings. The molecule has 0 aliphatic carbocycles. The van der Waals surface area contributed by atoms with Gasteiger partial charge in [0, 0.05) is 24.7 Å². The minimum atomic E-state index is -0.105. The van der Waals surface area contributed by atoms with E-state index in [0.29, 0.717) is 18.1 Å². The Bertz CT molecular complexity index is 600. The Hall–Kier alpha value is -1.85. The fourth-order valence-corrected chi connectivity index (χ4v) is 2.44. The first-order chi connectivity index (χ1) is 9.74. The smallest absolute Gasteiger partial charge is 0.275 e. The number of benzene rings is 1. The average molecular weight is 308 g/mol. The number of nitrogens with zero attached hydrogens (tertiary/aromatic N) is 2. The molecule has 0 bridgehead atoms. The highest BCUT2D eigenvalue weighted by atomic mass is 35.5. The highest BCUT2D eigenvalue weighted by Crippen LogP contribution is 2.19. The number of carbonyl (C=O) groups excluding carboxylic acids is 1. The fraction of sp³-hybridized carbons (Fsp3) is 0.333. The minimum Gasteiger partial charge on any atom is -0.444 e. The molecular weight excluding hydrogens is 290 g/mol. The van der Waals surface area contributed by atoms with Gasteiger partial charge in [0.2, 0.25) is 5.89 Å². The van der Waals surface area contributed by atoms with E-state index in [2.05, 4.69) is 4.98 Å². The normalized spacial score (nSPS) is 18.1. The molecule has 5 nitrogen and oxygen atoms in total. The van der Waals surface area contributed by atoms with Crippen LogP contribution in [0.2, 0.25) is 0 Å². The summed E-state index contributed by atoms with van der Waals surface area (Å²) in [5.41, 5.74) is 7.11. The van der Waals surface area contributed by atoms with Crippen LogP contribution in [0.5, 0.6) is 0 Å². The number of nitrogens with two attached hydrogens (primary N) is 1. The van der Waals surface area contributed by atoms with Gasteiger partial charge in [-0.1, -0.05) is 18.2 Å². The maximum Gasteiger partial charge on any atom is 0.275 e. The predicted molar refractivity (Wildman–Crippen MR) is 82.3 cm³/mol. The predicted octanol–water partition coefficient (Wildman–Crippen LogP) is 2.33. The number of likely N-dealkylation sites (tertiary alicyclic amines) is 1. The third kappa shape index (κ3) is 3.43. The second kappa shape index (κ2) is 6.74. The molecule has 112 valence electrons. The number of aromatic nitrogens is 1. The molecule has 0 saturated carbocycles. The monoisotopic (exact) mass is 307 g/mol. The summed E-state index contributed by atoms with van der Waals surface area (Å²) in [5, 5.41) is 0. The van der Waals surface area contributed by atoms with E-state index >= 15 is 0 Å². The quantitative estimate of drug-likeness (QED) is 0.924. The zero-order chi connectivity index (χ0) is 13.9. The van der Waals surface area contributed by atoms with Gasteiger partial charge in [-0.2, -0.15) is 0 Å². The molecule has 1 atom stereocenters. The molecule has 21 heavy (non-hydrogen) atoms. The van der Waals surface area contributed by atoms with E-state index in [-0.39, 0.29) is 24.4 Å². The standard InChI is InChI=1S/C15H17N3O2.ClH/c16-12-7-4-8-18(9-12)15(19)13-10-20-14(17-13)11-5-2-1-3-6-11;/h1-3,5-6,10,12H,4,7-9,16H2;1H. The number of hydrogen-bond donors (Lipinski definition) is 1. The van der Waals surface area contributed by atoms with Crippen molar-refractivity contribution >= 4 is 18.3 Å². The van der Waals surface area contributed by atoms with Crippen LogP contribution in [0, 0.1) is 0 Å². The van der Waals surface area contributed by atoms with Crippen molar-refractivity contribution in [1.82, 2.24) is 9.88 Å². The third-order valence-electron chi connectivity index (χ3n) is 3.49. The Labute approximate surface area is 129 Å². The second-order valence-electron chi connectivity index (χ2n) is 5.06. The topological polar surface area (TPSA) is 72.4 Å². The molecule has 1 unspecified atom stereocenters. The third-order valence-corrected chi connectivity index (χ3v) is 3.49. The molecule has 2 heterocycles. The Morgan fingerprint density at radius 3 is 2.81 bits per heavy atom. The number of hydrogen-bond acceptors (Lipinski definition) is 4. The number of amides is 1. The van der Waals surface area contributed by atoms with E-state index in [0.717, 1.165) is 24.9 Å². The number of oxazole rings is 1. The lowest BCUT2D eigenvalue weighted by Gasteiger charge is -2.30. The summed E-state index contributed by atoms with van der Waals surface area (Å²) in [5.74, 6) is 0.362. The highest BCUT2D eigenvalue weighted by molar-refractivity contribution is 5.92. The lowest BCUT2D eigenvalue weighted by Crippen LogP contribution is -2.45. The van der Waals surface area contributed by atoms with Crippen LogP contribution in [0.4, 0.5) is 0 Å². The van der Waals surface area contributed by atoms with Gasteiger partial charge in [0.05, 0.1) is 0 Å². The van der Waals surface area contributed by atoms with Gasteiger partial charge in [0.25, 0.3) is 5.91 Å². The molecule has 0 spiro atoms. The van der Waals surface area contributed by atoms with Crippen LogP contribution in [0.3, 0.4) is 0 Å². The maximum absolute atomic E-state index is 12.3. The summed E-state index contributed by atoms with van der Waals surface area (Å²) >= 11 is 0. The summed E-state index contributed by atoms with van der Waals surface area (Å²) < 4.78 is 5.40. The Morgan fingerprint density at radius 2 is 2.10 bits per heavy atom. The van der Waals surface area contributed by atoms with Crippen molar-refractivity contribution in [2.75, 3.05) is 13.1 Å². The van der Waals surface area contributed by atoms with Gasteiger partial charge in [0.15, 0.2) is 5.69 Å².